The summed E-state index contributed by atoms with van der Waals surface area (Å²) >= 11 is 0. The second-order valence-electron chi connectivity index (χ2n) is 6.03. The number of rotatable bonds is 7. The first-order valence-electron chi connectivity index (χ1n) is 8.29. The number of aromatic nitrogens is 2. The van der Waals surface area contributed by atoms with Gasteiger partial charge in [0.25, 0.3) is 0 Å². The van der Waals surface area contributed by atoms with E-state index in [0.29, 0.717) is 23.6 Å². The quantitative estimate of drug-likeness (QED) is 0.646. The Bertz CT molecular complexity index is 1040. The van der Waals surface area contributed by atoms with Gasteiger partial charge in [0.05, 0.1) is 29.5 Å². The number of hydrogen-bond acceptors (Lipinski definition) is 5. The summed E-state index contributed by atoms with van der Waals surface area (Å²) < 4.78 is 34.6. The normalized spacial score (nSPS) is 11.5. The van der Waals surface area contributed by atoms with Crippen LogP contribution < -0.4 is 10.0 Å². The number of aryl methyl sites for hydroxylation is 1. The van der Waals surface area contributed by atoms with Crippen molar-refractivity contribution in [2.45, 2.75) is 25.3 Å². The minimum atomic E-state index is -3.67. The van der Waals surface area contributed by atoms with E-state index < -0.39 is 10.0 Å². The van der Waals surface area contributed by atoms with Gasteiger partial charge in [-0.25, -0.2) is 13.1 Å². The Hall–Kier alpha value is -2.91. The van der Waals surface area contributed by atoms with Gasteiger partial charge in [-0.05, 0) is 42.8 Å². The van der Waals surface area contributed by atoms with Crippen LogP contribution >= 0.6 is 0 Å². The minimum absolute atomic E-state index is 0.174. The third-order valence-corrected chi connectivity index (χ3v) is 5.48. The molecule has 27 heavy (non-hydrogen) atoms. The minimum Gasteiger partial charge on any atom is -0.464 e. The van der Waals surface area contributed by atoms with E-state index in [1.807, 2.05) is 6.07 Å². The van der Waals surface area contributed by atoms with Gasteiger partial charge in [-0.2, -0.15) is 5.10 Å². The molecule has 0 spiro atoms. The van der Waals surface area contributed by atoms with Crippen LogP contribution in [-0.2, 0) is 21.4 Å². The predicted molar refractivity (Wildman–Crippen MR) is 101 cm³/mol. The van der Waals surface area contributed by atoms with Crippen molar-refractivity contribution in [3.05, 3.63) is 54.6 Å². The number of anilines is 1. The highest BCUT2D eigenvalue weighted by molar-refractivity contribution is 7.89. The summed E-state index contributed by atoms with van der Waals surface area (Å²) in [5.41, 5.74) is 1.93. The lowest BCUT2D eigenvalue weighted by atomic mass is 10.2. The molecular weight excluding hydrogens is 368 g/mol. The Kier molecular flexibility index (Phi) is 5.43. The largest absolute Gasteiger partial charge is 0.464 e. The van der Waals surface area contributed by atoms with Crippen molar-refractivity contribution in [1.29, 1.82) is 0 Å². The maximum Gasteiger partial charge on any atom is 0.240 e. The van der Waals surface area contributed by atoms with Gasteiger partial charge in [0.1, 0.15) is 5.76 Å². The van der Waals surface area contributed by atoms with Gasteiger partial charge in [0, 0.05) is 25.4 Å². The molecule has 1 aromatic carbocycles. The van der Waals surface area contributed by atoms with Crippen molar-refractivity contribution in [3.63, 3.8) is 0 Å². The average molecular weight is 388 g/mol. The van der Waals surface area contributed by atoms with E-state index in [9.17, 15) is 13.2 Å². The molecule has 0 fully saturated rings. The fraction of sp³-hybridized carbons (Fsp3) is 0.222. The number of hydrogen-bond donors (Lipinski definition) is 2. The molecule has 0 aliphatic heterocycles. The molecule has 2 aromatic heterocycles. The van der Waals surface area contributed by atoms with Gasteiger partial charge in [0.15, 0.2) is 0 Å². The second-order valence-corrected chi connectivity index (χ2v) is 7.76. The van der Waals surface area contributed by atoms with E-state index >= 15 is 0 Å². The third-order valence-electron chi connectivity index (χ3n) is 3.86. The zero-order chi connectivity index (χ0) is 19.4. The highest BCUT2D eigenvalue weighted by atomic mass is 32.2. The molecule has 3 aromatic rings. The Morgan fingerprint density at radius 1 is 1.30 bits per heavy atom. The third kappa shape index (κ3) is 4.63. The van der Waals surface area contributed by atoms with Gasteiger partial charge in [-0.3, -0.25) is 9.48 Å². The highest BCUT2D eigenvalue weighted by Crippen LogP contribution is 2.20. The SMILES string of the molecule is CC(=O)Nc1ccc(S(=O)(=O)NCCn2cc(-c3ccco3)cn2)c(C)c1. The number of sulfonamides is 1. The van der Waals surface area contributed by atoms with Crippen molar-refractivity contribution in [1.82, 2.24) is 14.5 Å². The number of nitrogens with zero attached hydrogens (tertiary/aromatic N) is 2. The molecule has 142 valence electrons. The predicted octanol–water partition coefficient (Wildman–Crippen LogP) is 2.39. The molecule has 9 heteroatoms. The number of furan rings is 1. The molecule has 0 aliphatic rings. The van der Waals surface area contributed by atoms with Crippen LogP contribution in [0.2, 0.25) is 0 Å². The number of nitrogens with one attached hydrogen (secondary N) is 2. The lowest BCUT2D eigenvalue weighted by molar-refractivity contribution is -0.114. The number of carbonyl (C=O) groups excluding carboxylic acids is 1. The lowest BCUT2D eigenvalue weighted by Crippen LogP contribution is -2.28. The smallest absolute Gasteiger partial charge is 0.240 e. The van der Waals surface area contributed by atoms with Gasteiger partial charge >= 0.3 is 0 Å². The summed E-state index contributed by atoms with van der Waals surface area (Å²) in [7, 11) is -3.67. The van der Waals surface area contributed by atoms with E-state index in [2.05, 4.69) is 15.1 Å². The Labute approximate surface area is 157 Å². The van der Waals surface area contributed by atoms with Crippen molar-refractivity contribution in [3.8, 4) is 11.3 Å². The Morgan fingerprint density at radius 3 is 2.78 bits per heavy atom. The molecule has 0 bridgehead atoms. The second kappa shape index (κ2) is 7.77. The topological polar surface area (TPSA) is 106 Å². The van der Waals surface area contributed by atoms with Gasteiger partial charge in [-0.15, -0.1) is 0 Å². The Balaban J connectivity index is 1.62. The van der Waals surface area contributed by atoms with Gasteiger partial charge in [-0.1, -0.05) is 0 Å². The van der Waals surface area contributed by atoms with E-state index in [-0.39, 0.29) is 17.3 Å². The van der Waals surface area contributed by atoms with Crippen LogP contribution in [0.4, 0.5) is 5.69 Å². The monoisotopic (exact) mass is 388 g/mol. The molecule has 2 heterocycles. The standard InChI is InChI=1S/C18H20N4O4S/c1-13-10-16(21-14(2)23)5-6-18(13)27(24,25)20-7-8-22-12-15(11-19-22)17-4-3-9-26-17/h3-6,9-12,20H,7-8H2,1-2H3,(H,21,23). The zero-order valence-electron chi connectivity index (χ0n) is 15.0. The molecule has 8 nitrogen and oxygen atoms in total. The summed E-state index contributed by atoms with van der Waals surface area (Å²) in [6.45, 7) is 3.65. The molecule has 0 radical (unpaired) electrons. The first kappa shape index (κ1) is 18.9. The molecule has 3 rings (SSSR count). The summed E-state index contributed by atoms with van der Waals surface area (Å²) in [6, 6.07) is 8.29. The number of carbonyl (C=O) groups is 1. The molecule has 0 saturated carbocycles. The van der Waals surface area contributed by atoms with Crippen LogP contribution in [0.25, 0.3) is 11.3 Å². The van der Waals surface area contributed by atoms with Crippen LogP contribution in [-0.4, -0.2) is 30.7 Å². The van der Waals surface area contributed by atoms with Gasteiger partial charge < -0.3 is 9.73 Å². The zero-order valence-corrected chi connectivity index (χ0v) is 15.8. The van der Waals surface area contributed by atoms with Crippen molar-refractivity contribution >= 4 is 21.6 Å². The maximum absolute atomic E-state index is 12.5. The molecule has 0 unspecified atom stereocenters. The molecule has 1 amide bonds. The van der Waals surface area contributed by atoms with E-state index in [4.69, 9.17) is 4.42 Å². The van der Waals surface area contributed by atoms with Gasteiger partial charge in [0.2, 0.25) is 15.9 Å². The Morgan fingerprint density at radius 2 is 2.11 bits per heavy atom. The fourth-order valence-electron chi connectivity index (χ4n) is 2.66. The molecule has 2 N–H and O–H groups in total. The van der Waals surface area contributed by atoms with Crippen molar-refractivity contribution in [2.24, 2.45) is 0 Å². The molecule has 0 atom stereocenters. The van der Waals surface area contributed by atoms with Crippen LogP contribution in [0.15, 0.2) is 58.3 Å². The van der Waals surface area contributed by atoms with Crippen molar-refractivity contribution < 1.29 is 17.6 Å². The molecule has 0 saturated heterocycles. The number of amides is 1. The lowest BCUT2D eigenvalue weighted by Gasteiger charge is -2.11. The summed E-state index contributed by atoms with van der Waals surface area (Å²) in [6.07, 6.45) is 5.04. The average Bonchev–Trinajstić information content (AvgIpc) is 3.25. The first-order valence-corrected chi connectivity index (χ1v) is 9.78. The molecule has 0 aliphatic carbocycles. The fourth-order valence-corrected chi connectivity index (χ4v) is 3.91. The van der Waals surface area contributed by atoms with Crippen LogP contribution in [0.1, 0.15) is 12.5 Å². The summed E-state index contributed by atoms with van der Waals surface area (Å²) in [5.74, 6) is 0.494. The van der Waals surface area contributed by atoms with E-state index in [0.717, 1.165) is 5.56 Å². The van der Waals surface area contributed by atoms with Crippen LogP contribution in [0, 0.1) is 6.92 Å². The summed E-state index contributed by atoms with van der Waals surface area (Å²) in [4.78, 5) is 11.3. The molecular formula is C18H20N4O4S. The van der Waals surface area contributed by atoms with E-state index in [1.54, 1.807) is 48.5 Å². The van der Waals surface area contributed by atoms with Crippen LogP contribution in [0.3, 0.4) is 0 Å². The van der Waals surface area contributed by atoms with E-state index in [1.165, 1.54) is 13.0 Å². The summed E-state index contributed by atoms with van der Waals surface area (Å²) in [5, 5.41) is 6.83. The van der Waals surface area contributed by atoms with Crippen LogP contribution in [0.5, 0.6) is 0 Å². The maximum atomic E-state index is 12.5. The number of benzene rings is 1. The first-order chi connectivity index (χ1) is 12.8. The van der Waals surface area contributed by atoms with Crippen molar-refractivity contribution in [2.75, 3.05) is 11.9 Å². The highest BCUT2D eigenvalue weighted by Gasteiger charge is 2.17.